The van der Waals surface area contributed by atoms with Gasteiger partial charge in [0.25, 0.3) is 0 Å². The van der Waals surface area contributed by atoms with Gasteiger partial charge < -0.3 is 23.7 Å². The predicted octanol–water partition coefficient (Wildman–Crippen LogP) is 5.02. The van der Waals surface area contributed by atoms with E-state index < -0.39 is 43.0 Å². The minimum atomic E-state index is -2.27. The Morgan fingerprint density at radius 3 is 2.27 bits per heavy atom. The topological polar surface area (TPSA) is 74.2 Å². The van der Waals surface area contributed by atoms with Crippen molar-refractivity contribution in [2.45, 2.75) is 101 Å². The number of esters is 1. The van der Waals surface area contributed by atoms with E-state index >= 15 is 0 Å². The summed E-state index contributed by atoms with van der Waals surface area (Å²) < 4.78 is 26.1. The molecule has 3 saturated carbocycles. The van der Waals surface area contributed by atoms with E-state index in [1.807, 2.05) is 25.1 Å². The lowest BCUT2D eigenvalue weighted by atomic mass is 9.41. The van der Waals surface area contributed by atoms with Gasteiger partial charge in [-0.2, -0.15) is 0 Å². The molecule has 1 aromatic rings. The van der Waals surface area contributed by atoms with Crippen LogP contribution < -0.4 is 0 Å². The van der Waals surface area contributed by atoms with Crippen LogP contribution in [0.4, 0.5) is 0 Å². The largest absolute Gasteiger partial charge is 0.461 e. The smallest absolute Gasteiger partial charge is 0.338 e. The van der Waals surface area contributed by atoms with Gasteiger partial charge in [0.2, 0.25) is 8.32 Å². The maximum absolute atomic E-state index is 12.8. The standard InChI is InChI=1S/C26H38O6Si/c1-16(2)33(17(3)4,18(5)6)32-25-14-23(7)26(28)13-20(25)24(26,22(30-23)31-25)15-29-21(27)19-11-9-8-10-12-19/h8-12,16-18,20,22,28H,13-15H2,1-7H3/t20-,22-,23+,24-,25+,26+/m1/s1. The summed E-state index contributed by atoms with van der Waals surface area (Å²) in [4.78, 5) is 12.8. The van der Waals surface area contributed by atoms with Gasteiger partial charge in [-0.25, -0.2) is 4.79 Å². The first-order chi connectivity index (χ1) is 15.4. The van der Waals surface area contributed by atoms with Crippen LogP contribution in [0.1, 0.15) is 71.7 Å². The third-order valence-electron chi connectivity index (χ3n) is 9.48. The average molecular weight is 475 g/mol. The molecule has 33 heavy (non-hydrogen) atoms. The van der Waals surface area contributed by atoms with Crippen LogP contribution in [0.15, 0.2) is 30.3 Å². The van der Waals surface area contributed by atoms with Gasteiger partial charge >= 0.3 is 5.97 Å². The van der Waals surface area contributed by atoms with Gasteiger partial charge in [-0.1, -0.05) is 59.7 Å². The average Bonchev–Trinajstić information content (AvgIpc) is 2.95. The molecule has 6 atom stereocenters. The number of hydrogen-bond donors (Lipinski definition) is 1. The van der Waals surface area contributed by atoms with E-state index in [-0.39, 0.29) is 12.5 Å². The van der Waals surface area contributed by atoms with Gasteiger partial charge in [-0.15, -0.1) is 0 Å². The first kappa shape index (κ1) is 23.5. The Morgan fingerprint density at radius 2 is 1.70 bits per heavy atom. The molecule has 1 N–H and O–H groups in total. The molecule has 3 saturated heterocycles. The van der Waals surface area contributed by atoms with Crippen molar-refractivity contribution in [1.82, 2.24) is 0 Å². The summed E-state index contributed by atoms with van der Waals surface area (Å²) in [5.74, 6) is -1.26. The molecule has 1 aromatic carbocycles. The number of carbonyl (C=O) groups is 1. The summed E-state index contributed by atoms with van der Waals surface area (Å²) in [6, 6.07) is 8.96. The molecule has 6 fully saturated rings. The maximum Gasteiger partial charge on any atom is 0.338 e. The summed E-state index contributed by atoms with van der Waals surface area (Å²) in [6.45, 7) is 15.7. The van der Waals surface area contributed by atoms with E-state index in [1.54, 1.807) is 12.1 Å². The number of benzene rings is 1. The summed E-state index contributed by atoms with van der Waals surface area (Å²) in [6.07, 6.45) is 0.413. The zero-order valence-corrected chi connectivity index (χ0v) is 21.9. The van der Waals surface area contributed by atoms with Crippen molar-refractivity contribution in [1.29, 1.82) is 0 Å². The molecule has 3 aliphatic carbocycles. The van der Waals surface area contributed by atoms with Crippen molar-refractivity contribution in [2.75, 3.05) is 6.61 Å². The molecule has 7 heteroatoms. The van der Waals surface area contributed by atoms with Crippen molar-refractivity contribution in [3.63, 3.8) is 0 Å². The molecule has 3 aliphatic heterocycles. The molecule has 6 bridgehead atoms. The van der Waals surface area contributed by atoms with E-state index in [1.165, 1.54) is 0 Å². The van der Waals surface area contributed by atoms with E-state index in [0.29, 0.717) is 35.0 Å². The minimum absolute atomic E-state index is 0.0624. The van der Waals surface area contributed by atoms with Gasteiger partial charge in [0.1, 0.15) is 17.8 Å². The fourth-order valence-corrected chi connectivity index (χ4v) is 13.6. The number of rotatable bonds is 8. The molecule has 0 amide bonds. The SMILES string of the molecule is CC(C)[Si](O[C@]12C[C@]3(C)O[C@H](O1)[C@@]1(COC(=O)c4ccccc4)[C@H]2C[C@@]13O)(C(C)C)C(C)C. The fraction of sp³-hybridized carbons (Fsp3) is 0.731. The van der Waals surface area contributed by atoms with Gasteiger partial charge in [0, 0.05) is 12.3 Å². The molecule has 0 radical (unpaired) electrons. The second-order valence-electron chi connectivity index (χ2n) is 11.8. The molecule has 6 nitrogen and oxygen atoms in total. The van der Waals surface area contributed by atoms with Crippen molar-refractivity contribution in [3.8, 4) is 0 Å². The van der Waals surface area contributed by atoms with E-state index in [0.717, 1.165) is 0 Å². The van der Waals surface area contributed by atoms with Crippen LogP contribution in [0.3, 0.4) is 0 Å². The number of hydrogen-bond acceptors (Lipinski definition) is 6. The highest BCUT2D eigenvalue weighted by molar-refractivity contribution is 6.77. The van der Waals surface area contributed by atoms with Crippen LogP contribution in [-0.4, -0.2) is 49.3 Å². The lowest BCUT2D eigenvalue weighted by molar-refractivity contribution is -0.378. The first-order valence-electron chi connectivity index (χ1n) is 12.4. The fourth-order valence-electron chi connectivity index (χ4n) is 8.01. The Kier molecular flexibility index (Phi) is 5.08. The molecule has 7 rings (SSSR count). The van der Waals surface area contributed by atoms with Crippen LogP contribution in [0.5, 0.6) is 0 Å². The number of ether oxygens (including phenoxy) is 3. The summed E-state index contributed by atoms with van der Waals surface area (Å²) >= 11 is 0. The summed E-state index contributed by atoms with van der Waals surface area (Å²) in [7, 11) is -2.27. The van der Waals surface area contributed by atoms with Crippen molar-refractivity contribution >= 4 is 14.3 Å². The molecule has 6 aliphatic rings. The molecule has 0 spiro atoms. The summed E-state index contributed by atoms with van der Waals surface area (Å²) in [5, 5.41) is 11.8. The van der Waals surface area contributed by atoms with Crippen LogP contribution in [0.2, 0.25) is 16.6 Å². The number of aliphatic hydroxyl groups is 1. The highest BCUT2D eigenvalue weighted by Crippen LogP contribution is 2.81. The Balaban J connectivity index is 1.48. The van der Waals surface area contributed by atoms with Crippen molar-refractivity contribution in [3.05, 3.63) is 35.9 Å². The molecular weight excluding hydrogens is 436 g/mol. The second kappa shape index (κ2) is 7.14. The number of carbonyl (C=O) groups excluding carboxylic acids is 1. The third kappa shape index (κ3) is 2.66. The monoisotopic (exact) mass is 474 g/mol. The zero-order chi connectivity index (χ0) is 24.0. The van der Waals surface area contributed by atoms with Gasteiger partial charge in [-0.3, -0.25) is 0 Å². The highest BCUT2D eigenvalue weighted by Gasteiger charge is 2.94. The Hall–Kier alpha value is -1.25. The van der Waals surface area contributed by atoms with Gasteiger partial charge in [-0.05, 0) is 42.1 Å². The van der Waals surface area contributed by atoms with Gasteiger partial charge in [0.05, 0.1) is 11.0 Å². The minimum Gasteiger partial charge on any atom is -0.461 e. The Bertz CT molecular complexity index is 928. The lowest BCUT2D eigenvalue weighted by Gasteiger charge is -2.67. The third-order valence-corrected chi connectivity index (χ3v) is 15.6. The van der Waals surface area contributed by atoms with E-state index in [2.05, 4.69) is 41.5 Å². The van der Waals surface area contributed by atoms with Crippen LogP contribution >= 0.6 is 0 Å². The van der Waals surface area contributed by atoms with Crippen LogP contribution in [-0.2, 0) is 18.6 Å². The van der Waals surface area contributed by atoms with Crippen molar-refractivity contribution < 1.29 is 28.5 Å². The Morgan fingerprint density at radius 1 is 1.09 bits per heavy atom. The molecule has 0 aromatic heterocycles. The molecule has 3 heterocycles. The van der Waals surface area contributed by atoms with E-state index in [4.69, 9.17) is 18.6 Å². The predicted molar refractivity (Wildman–Crippen MR) is 126 cm³/mol. The van der Waals surface area contributed by atoms with Crippen LogP contribution in [0.25, 0.3) is 0 Å². The quantitative estimate of drug-likeness (QED) is 0.421. The first-order valence-corrected chi connectivity index (χ1v) is 14.5. The van der Waals surface area contributed by atoms with Crippen LogP contribution in [0, 0.1) is 11.3 Å². The molecule has 0 unspecified atom stereocenters. The van der Waals surface area contributed by atoms with E-state index in [9.17, 15) is 9.90 Å². The van der Waals surface area contributed by atoms with Gasteiger partial charge in [0.15, 0.2) is 12.1 Å². The summed E-state index contributed by atoms with van der Waals surface area (Å²) in [5.41, 5.74) is -0.943. The molecule has 182 valence electrons. The molecular formula is C26H38O6Si. The lowest BCUT2D eigenvalue weighted by Crippen LogP contribution is -2.80. The highest BCUT2D eigenvalue weighted by atomic mass is 28.4. The zero-order valence-electron chi connectivity index (χ0n) is 20.9. The normalized spacial score (nSPS) is 40.7. The van der Waals surface area contributed by atoms with Crippen molar-refractivity contribution in [2.24, 2.45) is 11.3 Å². The maximum atomic E-state index is 12.8. The second-order valence-corrected chi connectivity index (χ2v) is 17.2. The Labute approximate surface area is 198 Å².